The predicted octanol–water partition coefficient (Wildman–Crippen LogP) is 1.75. The van der Waals surface area contributed by atoms with Gasteiger partial charge in [0.15, 0.2) is 0 Å². The van der Waals surface area contributed by atoms with E-state index in [1.54, 1.807) is 0 Å². The van der Waals surface area contributed by atoms with E-state index in [9.17, 15) is 4.79 Å². The van der Waals surface area contributed by atoms with Crippen LogP contribution in [-0.4, -0.2) is 35.2 Å². The number of carbonyl (C=O) groups excluding carboxylic acids is 1. The van der Waals surface area contributed by atoms with Crippen LogP contribution in [0.5, 0.6) is 0 Å². The number of nitrogens with two attached hydrogens (primary N) is 1. The molecule has 2 fully saturated rings. The number of amides is 1. The summed E-state index contributed by atoms with van der Waals surface area (Å²) in [6, 6.07) is 2.74. The second kappa shape index (κ2) is 7.07. The lowest BCUT2D eigenvalue weighted by molar-refractivity contribution is 0.0965. The summed E-state index contributed by atoms with van der Waals surface area (Å²) in [6.45, 7) is 0.496. The van der Waals surface area contributed by atoms with Crippen LogP contribution in [0.25, 0.3) is 5.57 Å². The molecule has 0 bridgehead atoms. The fourth-order valence-corrected chi connectivity index (χ4v) is 3.70. The Morgan fingerprint density at radius 1 is 1.31 bits per heavy atom. The molecule has 1 aromatic heterocycles. The van der Waals surface area contributed by atoms with Crippen molar-refractivity contribution in [2.24, 2.45) is 5.73 Å². The van der Waals surface area contributed by atoms with Gasteiger partial charge in [-0.1, -0.05) is 12.8 Å². The Bertz CT molecular complexity index is 755. The highest BCUT2D eigenvalue weighted by molar-refractivity contribution is 6.13. The zero-order valence-corrected chi connectivity index (χ0v) is 14.8. The number of fused-ring (bicyclic) bond motifs is 1. The zero-order chi connectivity index (χ0) is 18.1. The zero-order valence-electron chi connectivity index (χ0n) is 14.8. The number of aromatic nitrogens is 1. The molecule has 4 rings (SSSR count). The van der Waals surface area contributed by atoms with E-state index < -0.39 is 0 Å². The van der Waals surface area contributed by atoms with E-state index in [1.165, 1.54) is 19.1 Å². The van der Waals surface area contributed by atoms with Gasteiger partial charge in [0.25, 0.3) is 5.91 Å². The van der Waals surface area contributed by atoms with Crippen molar-refractivity contribution in [1.29, 1.82) is 5.41 Å². The van der Waals surface area contributed by atoms with Crippen molar-refractivity contribution in [2.45, 2.75) is 63.2 Å². The molecule has 0 aromatic carbocycles. The monoisotopic (exact) mass is 354 g/mol. The standard InChI is InChI=1S/C19H26N6O/c20-8-12(10-22-13-5-6-13)18-17-11(9-23-19(17)26)7-16(25-18)24-15-4-2-1-3-14(15)21/h7-8,10,13-15,20,22H,1-6,9,21H2,(H,23,26)(H,24,25)/b12-10+,20-8?. The van der Waals surface area contributed by atoms with E-state index >= 15 is 0 Å². The molecule has 2 unspecified atom stereocenters. The van der Waals surface area contributed by atoms with E-state index in [0.717, 1.165) is 37.1 Å². The van der Waals surface area contributed by atoms with Crippen LogP contribution in [-0.2, 0) is 6.54 Å². The number of pyridine rings is 1. The van der Waals surface area contributed by atoms with Gasteiger partial charge >= 0.3 is 0 Å². The SMILES string of the molecule is N=C/C(=C\NC1CC1)c1nc(NC2CCCCC2N)cc2c1C(=O)NC2. The number of rotatable bonds is 6. The van der Waals surface area contributed by atoms with Crippen molar-refractivity contribution in [2.75, 3.05) is 5.32 Å². The summed E-state index contributed by atoms with van der Waals surface area (Å²) < 4.78 is 0. The number of nitrogens with one attached hydrogen (secondary N) is 4. The van der Waals surface area contributed by atoms with Gasteiger partial charge in [-0.25, -0.2) is 4.98 Å². The Morgan fingerprint density at radius 2 is 2.12 bits per heavy atom. The topological polar surface area (TPSA) is 116 Å². The summed E-state index contributed by atoms with van der Waals surface area (Å²) in [6.07, 6.45) is 9.77. The van der Waals surface area contributed by atoms with Crippen LogP contribution in [0, 0.1) is 5.41 Å². The van der Waals surface area contributed by atoms with Gasteiger partial charge in [-0.2, -0.15) is 0 Å². The quantitative estimate of drug-likeness (QED) is 0.499. The molecule has 0 radical (unpaired) electrons. The van der Waals surface area contributed by atoms with Crippen molar-refractivity contribution < 1.29 is 4.79 Å². The van der Waals surface area contributed by atoms with E-state index in [-0.39, 0.29) is 18.0 Å². The van der Waals surface area contributed by atoms with E-state index in [2.05, 4.69) is 16.0 Å². The summed E-state index contributed by atoms with van der Waals surface area (Å²) in [5.41, 5.74) is 8.95. The van der Waals surface area contributed by atoms with Crippen molar-refractivity contribution in [3.8, 4) is 0 Å². The van der Waals surface area contributed by atoms with Crippen molar-refractivity contribution in [3.63, 3.8) is 0 Å². The largest absolute Gasteiger partial charge is 0.388 e. The first-order valence-electron chi connectivity index (χ1n) is 9.47. The molecule has 138 valence electrons. The summed E-state index contributed by atoms with van der Waals surface area (Å²) in [5, 5.41) is 17.4. The maximum Gasteiger partial charge on any atom is 0.254 e. The molecule has 3 aliphatic rings. The summed E-state index contributed by atoms with van der Waals surface area (Å²) in [5.74, 6) is 0.611. The number of anilines is 1. The summed E-state index contributed by atoms with van der Waals surface area (Å²) in [4.78, 5) is 17.0. The Morgan fingerprint density at radius 3 is 2.85 bits per heavy atom. The van der Waals surface area contributed by atoms with Gasteiger partial charge in [0.2, 0.25) is 0 Å². The molecule has 2 heterocycles. The van der Waals surface area contributed by atoms with Gasteiger partial charge in [0.1, 0.15) is 5.82 Å². The molecular weight excluding hydrogens is 328 g/mol. The fraction of sp³-hybridized carbons (Fsp3) is 0.526. The molecule has 0 spiro atoms. The number of hydrogen-bond acceptors (Lipinski definition) is 6. The minimum Gasteiger partial charge on any atom is -0.388 e. The molecule has 2 atom stereocenters. The summed E-state index contributed by atoms with van der Waals surface area (Å²) >= 11 is 0. The summed E-state index contributed by atoms with van der Waals surface area (Å²) in [7, 11) is 0. The lowest BCUT2D eigenvalue weighted by Crippen LogP contribution is -2.42. The molecule has 26 heavy (non-hydrogen) atoms. The smallest absolute Gasteiger partial charge is 0.254 e. The molecule has 1 amide bonds. The molecule has 7 nitrogen and oxygen atoms in total. The molecule has 2 aliphatic carbocycles. The van der Waals surface area contributed by atoms with Crippen LogP contribution in [0.2, 0.25) is 0 Å². The first-order chi connectivity index (χ1) is 12.7. The van der Waals surface area contributed by atoms with Crippen LogP contribution in [0.1, 0.15) is 60.1 Å². The van der Waals surface area contributed by atoms with Gasteiger partial charge in [0.05, 0.1) is 11.3 Å². The van der Waals surface area contributed by atoms with E-state index in [0.29, 0.717) is 29.4 Å². The fourth-order valence-electron chi connectivity index (χ4n) is 3.70. The molecule has 1 aliphatic heterocycles. The van der Waals surface area contributed by atoms with Crippen LogP contribution < -0.4 is 21.7 Å². The maximum absolute atomic E-state index is 12.3. The first kappa shape index (κ1) is 17.0. The Hall–Kier alpha value is -2.41. The Kier molecular flexibility index (Phi) is 4.63. The number of carbonyl (C=O) groups is 1. The van der Waals surface area contributed by atoms with Crippen LogP contribution in [0.15, 0.2) is 12.3 Å². The number of allylic oxidation sites excluding steroid dienone is 1. The van der Waals surface area contributed by atoms with Gasteiger partial charge in [-0.15, -0.1) is 0 Å². The van der Waals surface area contributed by atoms with Gasteiger partial charge in [-0.3, -0.25) is 4.79 Å². The first-order valence-corrected chi connectivity index (χ1v) is 9.47. The average Bonchev–Trinajstić information content (AvgIpc) is 3.39. The molecule has 1 aromatic rings. The van der Waals surface area contributed by atoms with E-state index in [4.69, 9.17) is 16.1 Å². The molecule has 2 saturated carbocycles. The van der Waals surface area contributed by atoms with Crippen molar-refractivity contribution in [3.05, 3.63) is 29.1 Å². The lowest BCUT2D eigenvalue weighted by Gasteiger charge is -2.30. The Labute approximate surface area is 153 Å². The normalized spacial score (nSPS) is 25.4. The van der Waals surface area contributed by atoms with Crippen molar-refractivity contribution >= 4 is 23.5 Å². The average molecular weight is 354 g/mol. The van der Waals surface area contributed by atoms with Gasteiger partial charge in [0, 0.05) is 42.7 Å². The minimum atomic E-state index is -0.123. The van der Waals surface area contributed by atoms with Crippen LogP contribution in [0.4, 0.5) is 5.82 Å². The third kappa shape index (κ3) is 3.44. The number of nitrogens with zero attached hydrogens (tertiary/aromatic N) is 1. The third-order valence-corrected chi connectivity index (χ3v) is 5.40. The van der Waals surface area contributed by atoms with Crippen LogP contribution in [0.3, 0.4) is 0 Å². The Balaban J connectivity index is 1.67. The highest BCUT2D eigenvalue weighted by Crippen LogP contribution is 2.28. The minimum absolute atomic E-state index is 0.122. The van der Waals surface area contributed by atoms with Crippen molar-refractivity contribution in [1.82, 2.24) is 15.6 Å². The molecular formula is C19H26N6O. The molecule has 7 heteroatoms. The highest BCUT2D eigenvalue weighted by Gasteiger charge is 2.28. The second-order valence-electron chi connectivity index (χ2n) is 7.46. The number of hydrogen-bond donors (Lipinski definition) is 5. The lowest BCUT2D eigenvalue weighted by atomic mass is 9.91. The van der Waals surface area contributed by atoms with E-state index in [1.807, 2.05) is 12.3 Å². The van der Waals surface area contributed by atoms with Gasteiger partial charge < -0.3 is 27.1 Å². The highest BCUT2D eigenvalue weighted by atomic mass is 16.1. The maximum atomic E-state index is 12.3. The second-order valence-corrected chi connectivity index (χ2v) is 7.46. The van der Waals surface area contributed by atoms with Gasteiger partial charge in [-0.05, 0) is 37.3 Å². The third-order valence-electron chi connectivity index (χ3n) is 5.40. The molecule has 0 saturated heterocycles. The van der Waals surface area contributed by atoms with Crippen LogP contribution >= 0.6 is 0 Å². The molecule has 6 N–H and O–H groups in total. The predicted molar refractivity (Wildman–Crippen MR) is 102 cm³/mol.